The van der Waals surface area contributed by atoms with Gasteiger partial charge in [0.1, 0.15) is 0 Å². The van der Waals surface area contributed by atoms with Crippen LogP contribution in [0.2, 0.25) is 0 Å². The highest BCUT2D eigenvalue weighted by Gasteiger charge is 2.27. The molecule has 0 bridgehead atoms. The highest BCUT2D eigenvalue weighted by molar-refractivity contribution is 5.86. The van der Waals surface area contributed by atoms with Gasteiger partial charge in [0, 0.05) is 42.3 Å². The van der Waals surface area contributed by atoms with Crippen molar-refractivity contribution >= 4 is 10.9 Å². The molecule has 0 fully saturated rings. The smallest absolute Gasteiger partial charge is 0.0940 e. The van der Waals surface area contributed by atoms with E-state index in [9.17, 15) is 5.11 Å². The fraction of sp³-hybridized carbons (Fsp3) is 0.385. The predicted molar refractivity (Wildman–Crippen MR) is 64.2 cm³/mol. The largest absolute Gasteiger partial charge is 0.387 e. The second kappa shape index (κ2) is 3.34. The number of aliphatic hydroxyl groups excluding tert-OH is 1. The van der Waals surface area contributed by atoms with E-state index in [-0.39, 0.29) is 6.10 Å². The lowest BCUT2D eigenvalue weighted by atomic mass is 10.0. The van der Waals surface area contributed by atoms with Gasteiger partial charge < -0.3 is 9.67 Å². The average Bonchev–Trinajstić information content (AvgIpc) is 2.54. The zero-order valence-corrected chi connectivity index (χ0v) is 9.64. The van der Waals surface area contributed by atoms with E-state index in [1.807, 2.05) is 19.2 Å². The number of likely N-dealkylation sites (N-methyl/N-ethyl adjacent to an activating group) is 1. The van der Waals surface area contributed by atoms with Crippen molar-refractivity contribution in [3.63, 3.8) is 0 Å². The molecule has 3 heteroatoms. The van der Waals surface area contributed by atoms with Gasteiger partial charge in [0.15, 0.2) is 0 Å². The molecule has 2 aromatic rings. The van der Waals surface area contributed by atoms with Crippen molar-refractivity contribution in [2.24, 2.45) is 7.05 Å². The summed E-state index contributed by atoms with van der Waals surface area (Å²) in [5, 5.41) is 11.4. The summed E-state index contributed by atoms with van der Waals surface area (Å²) in [5.41, 5.74) is 3.57. The number of hydrogen-bond donors (Lipinski definition) is 1. The number of aromatic nitrogens is 1. The molecule has 3 nitrogen and oxygen atoms in total. The Hall–Kier alpha value is -1.32. The number of para-hydroxylation sites is 1. The number of fused-ring (bicyclic) bond motifs is 3. The van der Waals surface area contributed by atoms with Crippen LogP contribution in [0.15, 0.2) is 24.3 Å². The van der Waals surface area contributed by atoms with Crippen LogP contribution in [0.4, 0.5) is 0 Å². The Morgan fingerprint density at radius 2 is 2.00 bits per heavy atom. The van der Waals surface area contributed by atoms with Crippen LogP contribution in [0.1, 0.15) is 17.4 Å². The van der Waals surface area contributed by atoms with Gasteiger partial charge in [-0.25, -0.2) is 0 Å². The molecule has 1 unspecified atom stereocenters. The van der Waals surface area contributed by atoms with Gasteiger partial charge in [0.25, 0.3) is 0 Å². The summed E-state index contributed by atoms with van der Waals surface area (Å²) in [6.45, 7) is 1.64. The summed E-state index contributed by atoms with van der Waals surface area (Å²) in [5.74, 6) is 0. The molecule has 1 N–H and O–H groups in total. The second-order valence-corrected chi connectivity index (χ2v) is 4.65. The molecule has 0 saturated heterocycles. The summed E-state index contributed by atoms with van der Waals surface area (Å²) in [6.07, 6.45) is -0.361. The minimum Gasteiger partial charge on any atom is -0.387 e. The van der Waals surface area contributed by atoms with E-state index in [1.165, 1.54) is 16.6 Å². The van der Waals surface area contributed by atoms with Crippen molar-refractivity contribution in [2.45, 2.75) is 12.6 Å². The fourth-order valence-corrected chi connectivity index (χ4v) is 2.75. The monoisotopic (exact) mass is 216 g/mol. The van der Waals surface area contributed by atoms with Crippen LogP contribution in [-0.4, -0.2) is 28.2 Å². The van der Waals surface area contributed by atoms with Gasteiger partial charge in [-0.15, -0.1) is 0 Å². The number of aliphatic hydroxyl groups is 1. The summed E-state index contributed by atoms with van der Waals surface area (Å²) >= 11 is 0. The topological polar surface area (TPSA) is 28.4 Å². The number of aryl methyl sites for hydroxylation is 1. The van der Waals surface area contributed by atoms with Gasteiger partial charge in [-0.1, -0.05) is 18.2 Å². The first-order chi connectivity index (χ1) is 7.68. The van der Waals surface area contributed by atoms with Crippen LogP contribution in [-0.2, 0) is 13.6 Å². The Morgan fingerprint density at radius 1 is 1.25 bits per heavy atom. The zero-order chi connectivity index (χ0) is 11.3. The number of rotatable bonds is 0. The lowest BCUT2D eigenvalue weighted by molar-refractivity contribution is 0.107. The van der Waals surface area contributed by atoms with Gasteiger partial charge in [-0.2, -0.15) is 0 Å². The maximum Gasteiger partial charge on any atom is 0.0940 e. The maximum absolute atomic E-state index is 10.2. The minimum atomic E-state index is -0.361. The molecule has 0 saturated carbocycles. The van der Waals surface area contributed by atoms with Crippen LogP contribution in [0.5, 0.6) is 0 Å². The van der Waals surface area contributed by atoms with E-state index >= 15 is 0 Å². The highest BCUT2D eigenvalue weighted by atomic mass is 16.3. The number of β-amino-alcohol motifs (C(OH)–C–C–N with tert-alkyl or cyclic N) is 1. The van der Waals surface area contributed by atoms with Gasteiger partial charge in [-0.3, -0.25) is 4.90 Å². The van der Waals surface area contributed by atoms with Crippen LogP contribution in [0, 0.1) is 0 Å². The molecule has 0 spiro atoms. The Labute approximate surface area is 94.9 Å². The van der Waals surface area contributed by atoms with Crippen molar-refractivity contribution in [3.8, 4) is 0 Å². The van der Waals surface area contributed by atoms with Crippen molar-refractivity contribution in [3.05, 3.63) is 35.5 Å². The molecule has 0 amide bonds. The molecule has 1 aliphatic rings. The summed E-state index contributed by atoms with van der Waals surface area (Å²) in [6, 6.07) is 8.29. The molecule has 84 valence electrons. The number of benzene rings is 1. The minimum absolute atomic E-state index is 0.361. The Morgan fingerprint density at radius 3 is 2.81 bits per heavy atom. The Bertz CT molecular complexity index is 544. The third-order valence-electron chi connectivity index (χ3n) is 3.51. The third-order valence-corrected chi connectivity index (χ3v) is 3.51. The summed E-state index contributed by atoms with van der Waals surface area (Å²) in [4.78, 5) is 2.16. The van der Waals surface area contributed by atoms with Crippen molar-refractivity contribution in [2.75, 3.05) is 13.6 Å². The average molecular weight is 216 g/mol. The van der Waals surface area contributed by atoms with E-state index < -0.39 is 0 Å². The molecule has 0 aliphatic carbocycles. The van der Waals surface area contributed by atoms with E-state index in [0.717, 1.165) is 18.7 Å². The molecule has 2 heterocycles. The number of hydrogen-bond acceptors (Lipinski definition) is 2. The SMILES string of the molecule is CN1Cc2c(c3ccccc3n2C)C(O)C1. The second-order valence-electron chi connectivity index (χ2n) is 4.65. The van der Waals surface area contributed by atoms with Crippen LogP contribution >= 0.6 is 0 Å². The lowest BCUT2D eigenvalue weighted by Crippen LogP contribution is -2.30. The Balaban J connectivity index is 2.35. The standard InChI is InChI=1S/C13H16N2O/c1-14-7-11-13(12(16)8-14)9-5-3-4-6-10(9)15(11)2/h3-6,12,16H,7-8H2,1-2H3. The van der Waals surface area contributed by atoms with E-state index in [0.29, 0.717) is 0 Å². The van der Waals surface area contributed by atoms with Gasteiger partial charge in [0.05, 0.1) is 6.10 Å². The van der Waals surface area contributed by atoms with Gasteiger partial charge >= 0.3 is 0 Å². The lowest BCUT2D eigenvalue weighted by Gasteiger charge is -2.27. The molecule has 1 aromatic carbocycles. The predicted octanol–water partition coefficient (Wildman–Crippen LogP) is 1.66. The van der Waals surface area contributed by atoms with E-state index in [2.05, 4.69) is 28.6 Å². The third kappa shape index (κ3) is 1.22. The first-order valence-corrected chi connectivity index (χ1v) is 5.61. The zero-order valence-electron chi connectivity index (χ0n) is 9.64. The van der Waals surface area contributed by atoms with Crippen LogP contribution in [0.25, 0.3) is 10.9 Å². The quantitative estimate of drug-likeness (QED) is 0.725. The van der Waals surface area contributed by atoms with E-state index in [4.69, 9.17) is 0 Å². The van der Waals surface area contributed by atoms with Crippen molar-refractivity contribution in [1.29, 1.82) is 0 Å². The highest BCUT2D eigenvalue weighted by Crippen LogP contribution is 2.34. The molecule has 16 heavy (non-hydrogen) atoms. The molecule has 1 aromatic heterocycles. The summed E-state index contributed by atoms with van der Waals surface area (Å²) < 4.78 is 2.20. The Kier molecular flexibility index (Phi) is 2.06. The first kappa shape index (κ1) is 9.87. The summed E-state index contributed by atoms with van der Waals surface area (Å²) in [7, 11) is 4.12. The molecule has 3 rings (SSSR count). The van der Waals surface area contributed by atoms with Gasteiger partial charge in [0.2, 0.25) is 0 Å². The first-order valence-electron chi connectivity index (χ1n) is 5.61. The molecule has 0 radical (unpaired) electrons. The molecular weight excluding hydrogens is 200 g/mol. The number of nitrogens with zero attached hydrogens (tertiary/aromatic N) is 2. The van der Waals surface area contributed by atoms with Gasteiger partial charge in [-0.05, 0) is 13.1 Å². The molecule has 1 atom stereocenters. The van der Waals surface area contributed by atoms with Crippen LogP contribution < -0.4 is 0 Å². The van der Waals surface area contributed by atoms with Crippen molar-refractivity contribution in [1.82, 2.24) is 9.47 Å². The van der Waals surface area contributed by atoms with E-state index in [1.54, 1.807) is 0 Å². The molecular formula is C13H16N2O. The molecule has 1 aliphatic heterocycles. The normalized spacial score (nSPS) is 21.3. The van der Waals surface area contributed by atoms with Crippen molar-refractivity contribution < 1.29 is 5.11 Å². The maximum atomic E-state index is 10.2. The van der Waals surface area contributed by atoms with Crippen LogP contribution in [0.3, 0.4) is 0 Å². The fourth-order valence-electron chi connectivity index (χ4n) is 2.75.